The van der Waals surface area contributed by atoms with Crippen LogP contribution in [-0.2, 0) is 0 Å². The van der Waals surface area contributed by atoms with Crippen LogP contribution in [0.2, 0.25) is 10.0 Å². The van der Waals surface area contributed by atoms with Gasteiger partial charge >= 0.3 is 0 Å². The summed E-state index contributed by atoms with van der Waals surface area (Å²) in [7, 11) is 0. The maximum absolute atomic E-state index is 6.01. The molecule has 0 aliphatic carbocycles. The molecule has 1 heterocycles. The van der Waals surface area contributed by atoms with Crippen molar-refractivity contribution in [3.8, 4) is 0 Å². The Kier molecular flexibility index (Phi) is 4.60. The third kappa shape index (κ3) is 3.69. The lowest BCUT2D eigenvalue weighted by Crippen LogP contribution is -2.10. The van der Waals surface area contributed by atoms with E-state index in [1.807, 2.05) is 18.2 Å². The number of hydrazine groups is 1. The van der Waals surface area contributed by atoms with Crippen molar-refractivity contribution in [3.05, 3.63) is 64.1 Å². The molecule has 0 spiro atoms. The van der Waals surface area contributed by atoms with Crippen molar-refractivity contribution in [2.24, 2.45) is 0 Å². The number of halogens is 2. The molecule has 0 saturated heterocycles. The van der Waals surface area contributed by atoms with Gasteiger partial charge in [0.15, 0.2) is 0 Å². The smallest absolute Gasteiger partial charge is 0.145 e. The van der Waals surface area contributed by atoms with E-state index in [4.69, 9.17) is 23.2 Å². The minimum Gasteiger partial charge on any atom is -0.300 e. The molecule has 3 aromatic rings. The number of pyridine rings is 1. The number of para-hydroxylation sites is 1. The molecule has 0 aliphatic heterocycles. The van der Waals surface area contributed by atoms with E-state index in [0.29, 0.717) is 16.0 Å². The van der Waals surface area contributed by atoms with E-state index in [9.17, 15) is 0 Å². The van der Waals surface area contributed by atoms with Crippen molar-refractivity contribution < 1.29 is 0 Å². The molecule has 0 saturated carbocycles. The van der Waals surface area contributed by atoms with Crippen molar-refractivity contribution in [1.82, 2.24) is 4.98 Å². The van der Waals surface area contributed by atoms with Crippen LogP contribution in [-0.4, -0.2) is 4.98 Å². The number of benzene rings is 2. The normalized spacial score (nSPS) is 11.0. The summed E-state index contributed by atoms with van der Waals surface area (Å²) in [5, 5.41) is 2.34. The van der Waals surface area contributed by atoms with Crippen LogP contribution in [0.15, 0.2) is 48.5 Å². The van der Waals surface area contributed by atoms with Crippen LogP contribution < -0.4 is 10.9 Å². The Morgan fingerprint density at radius 1 is 0.913 bits per heavy atom. The number of rotatable bonds is 4. The lowest BCUT2D eigenvalue weighted by Gasteiger charge is -2.15. The first kappa shape index (κ1) is 15.9. The van der Waals surface area contributed by atoms with E-state index < -0.39 is 0 Å². The van der Waals surface area contributed by atoms with Gasteiger partial charge < -0.3 is 0 Å². The van der Waals surface area contributed by atoms with Gasteiger partial charge in [0.2, 0.25) is 0 Å². The molecule has 0 atom stereocenters. The van der Waals surface area contributed by atoms with E-state index in [2.05, 4.69) is 41.8 Å². The number of anilines is 2. The van der Waals surface area contributed by atoms with E-state index in [0.717, 1.165) is 17.0 Å². The minimum absolute atomic E-state index is 0.407. The molecule has 2 aromatic carbocycles. The van der Waals surface area contributed by atoms with Gasteiger partial charge in [-0.05, 0) is 41.8 Å². The second kappa shape index (κ2) is 6.65. The highest BCUT2D eigenvalue weighted by Crippen LogP contribution is 2.27. The van der Waals surface area contributed by atoms with Crippen LogP contribution in [0.1, 0.15) is 25.3 Å². The van der Waals surface area contributed by atoms with Crippen molar-refractivity contribution in [2.45, 2.75) is 19.8 Å². The van der Waals surface area contributed by atoms with Gasteiger partial charge in [0.05, 0.1) is 11.2 Å². The third-order valence-electron chi connectivity index (χ3n) is 3.57. The summed E-state index contributed by atoms with van der Waals surface area (Å²) in [4.78, 5) is 4.64. The van der Waals surface area contributed by atoms with E-state index >= 15 is 0 Å². The maximum atomic E-state index is 6.01. The average molecular weight is 346 g/mol. The fourth-order valence-electron chi connectivity index (χ4n) is 2.51. The molecule has 0 aliphatic rings. The summed E-state index contributed by atoms with van der Waals surface area (Å²) in [6, 6.07) is 15.5. The molecular weight excluding hydrogens is 329 g/mol. The predicted octanol–water partition coefficient (Wildman–Crippen LogP) is 6.10. The first-order valence-electron chi connectivity index (χ1n) is 7.41. The van der Waals surface area contributed by atoms with Crippen LogP contribution in [0.25, 0.3) is 10.9 Å². The molecule has 3 rings (SSSR count). The Balaban J connectivity index is 1.91. The summed E-state index contributed by atoms with van der Waals surface area (Å²) in [6.07, 6.45) is 0. The van der Waals surface area contributed by atoms with Crippen molar-refractivity contribution >= 4 is 45.6 Å². The van der Waals surface area contributed by atoms with Gasteiger partial charge in [0, 0.05) is 15.4 Å². The molecule has 2 N–H and O–H groups in total. The van der Waals surface area contributed by atoms with E-state index in [1.54, 1.807) is 18.2 Å². The Hall–Kier alpha value is -1.97. The lowest BCUT2D eigenvalue weighted by atomic mass is 9.99. The van der Waals surface area contributed by atoms with Crippen LogP contribution >= 0.6 is 23.2 Å². The van der Waals surface area contributed by atoms with Gasteiger partial charge in [-0.2, -0.15) is 0 Å². The number of hydrogen-bond donors (Lipinski definition) is 2. The van der Waals surface area contributed by atoms with Crippen molar-refractivity contribution in [1.29, 1.82) is 0 Å². The summed E-state index contributed by atoms with van der Waals surface area (Å²) < 4.78 is 0. The second-order valence-corrected chi connectivity index (χ2v) is 6.55. The SMILES string of the molecule is CC(C)c1cc(NNc2cc(Cl)cc(Cl)c2)nc2ccccc12. The molecule has 1 aromatic heterocycles. The maximum Gasteiger partial charge on any atom is 0.145 e. The summed E-state index contributed by atoms with van der Waals surface area (Å²) in [6.45, 7) is 4.35. The molecule has 3 nitrogen and oxygen atoms in total. The first-order valence-corrected chi connectivity index (χ1v) is 8.16. The molecule has 23 heavy (non-hydrogen) atoms. The predicted molar refractivity (Wildman–Crippen MR) is 99.5 cm³/mol. The number of aromatic nitrogens is 1. The quantitative estimate of drug-likeness (QED) is 0.560. The second-order valence-electron chi connectivity index (χ2n) is 5.68. The number of fused-ring (bicyclic) bond motifs is 1. The molecule has 118 valence electrons. The Morgan fingerprint density at radius 2 is 1.61 bits per heavy atom. The molecule has 0 bridgehead atoms. The number of nitrogens with zero attached hydrogens (tertiary/aromatic N) is 1. The zero-order valence-electron chi connectivity index (χ0n) is 12.9. The Labute approximate surface area is 145 Å². The molecule has 0 amide bonds. The summed E-state index contributed by atoms with van der Waals surface area (Å²) in [5.74, 6) is 1.16. The first-order chi connectivity index (χ1) is 11.0. The van der Waals surface area contributed by atoms with Gasteiger partial charge in [-0.1, -0.05) is 55.2 Å². The largest absolute Gasteiger partial charge is 0.300 e. The zero-order valence-corrected chi connectivity index (χ0v) is 14.4. The van der Waals surface area contributed by atoms with Crippen LogP contribution in [0.3, 0.4) is 0 Å². The Bertz CT molecular complexity index is 827. The zero-order chi connectivity index (χ0) is 16.4. The minimum atomic E-state index is 0.407. The van der Waals surface area contributed by atoms with Gasteiger partial charge in [0.1, 0.15) is 5.82 Å². The lowest BCUT2D eigenvalue weighted by molar-refractivity contribution is 0.874. The highest BCUT2D eigenvalue weighted by Gasteiger charge is 2.08. The highest BCUT2D eigenvalue weighted by molar-refractivity contribution is 6.35. The highest BCUT2D eigenvalue weighted by atomic mass is 35.5. The standard InChI is InChI=1S/C18H17Cl2N3/c1-11(2)16-10-18(21-17-6-4-3-5-15(16)17)23-22-14-8-12(19)7-13(20)9-14/h3-11,22H,1-2H3,(H,21,23). The summed E-state index contributed by atoms with van der Waals surface area (Å²) in [5.41, 5.74) is 9.22. The van der Waals surface area contributed by atoms with Crippen LogP contribution in [0, 0.1) is 0 Å². The molecule has 5 heteroatoms. The van der Waals surface area contributed by atoms with E-state index in [-0.39, 0.29) is 0 Å². The molecule has 0 fully saturated rings. The average Bonchev–Trinajstić information content (AvgIpc) is 2.51. The van der Waals surface area contributed by atoms with Gasteiger partial charge in [-0.15, -0.1) is 0 Å². The van der Waals surface area contributed by atoms with Crippen molar-refractivity contribution in [3.63, 3.8) is 0 Å². The third-order valence-corrected chi connectivity index (χ3v) is 4.00. The number of hydrogen-bond acceptors (Lipinski definition) is 3. The molecular formula is C18H17Cl2N3. The van der Waals surface area contributed by atoms with Crippen LogP contribution in [0.5, 0.6) is 0 Å². The van der Waals surface area contributed by atoms with Gasteiger partial charge in [0.25, 0.3) is 0 Å². The molecule has 0 radical (unpaired) electrons. The fourth-order valence-corrected chi connectivity index (χ4v) is 3.03. The van der Waals surface area contributed by atoms with Crippen molar-refractivity contribution in [2.75, 3.05) is 10.9 Å². The molecule has 0 unspecified atom stereocenters. The summed E-state index contributed by atoms with van der Waals surface area (Å²) >= 11 is 12.0. The Morgan fingerprint density at radius 3 is 2.30 bits per heavy atom. The monoisotopic (exact) mass is 345 g/mol. The van der Waals surface area contributed by atoms with Gasteiger partial charge in [-0.3, -0.25) is 10.9 Å². The fraction of sp³-hybridized carbons (Fsp3) is 0.167. The van der Waals surface area contributed by atoms with Crippen LogP contribution in [0.4, 0.5) is 11.5 Å². The van der Waals surface area contributed by atoms with Gasteiger partial charge in [-0.25, -0.2) is 4.98 Å². The van der Waals surface area contributed by atoms with E-state index in [1.165, 1.54) is 10.9 Å². The topological polar surface area (TPSA) is 37.0 Å². The number of nitrogens with one attached hydrogen (secondary N) is 2.